The second-order valence-electron chi connectivity index (χ2n) is 6.43. The van der Waals surface area contributed by atoms with Gasteiger partial charge in [-0.2, -0.15) is 0 Å². The van der Waals surface area contributed by atoms with Gasteiger partial charge < -0.3 is 20.1 Å². The normalized spacial score (nSPS) is 16.7. The van der Waals surface area contributed by atoms with Crippen LogP contribution >= 0.6 is 0 Å². The van der Waals surface area contributed by atoms with Crippen molar-refractivity contribution in [2.75, 3.05) is 46.5 Å². The van der Waals surface area contributed by atoms with E-state index in [4.69, 9.17) is 9.47 Å². The third-order valence-corrected chi connectivity index (χ3v) is 4.09. The van der Waals surface area contributed by atoms with Crippen molar-refractivity contribution in [3.63, 3.8) is 0 Å². The minimum atomic E-state index is -0.121. The van der Waals surface area contributed by atoms with Crippen LogP contribution < -0.4 is 15.4 Å². The molecule has 1 aliphatic rings. The number of amides is 2. The van der Waals surface area contributed by atoms with Crippen LogP contribution in [0.15, 0.2) is 24.3 Å². The molecule has 1 aromatic rings. The third kappa shape index (κ3) is 5.69. The van der Waals surface area contributed by atoms with E-state index in [9.17, 15) is 4.79 Å². The van der Waals surface area contributed by atoms with Crippen LogP contribution in [-0.2, 0) is 4.74 Å². The molecule has 1 aromatic carbocycles. The van der Waals surface area contributed by atoms with Gasteiger partial charge in [-0.1, -0.05) is 26.0 Å². The monoisotopic (exact) mass is 335 g/mol. The number of nitrogens with zero attached hydrogens (tertiary/aromatic N) is 1. The first-order valence-electron chi connectivity index (χ1n) is 8.57. The highest BCUT2D eigenvalue weighted by Gasteiger charge is 2.23. The summed E-state index contributed by atoms with van der Waals surface area (Å²) in [5, 5.41) is 5.89. The molecule has 134 valence electrons. The van der Waals surface area contributed by atoms with Gasteiger partial charge in [0.25, 0.3) is 0 Å². The largest absolute Gasteiger partial charge is 0.497 e. The van der Waals surface area contributed by atoms with Crippen LogP contribution in [-0.4, -0.2) is 57.4 Å². The molecule has 0 aliphatic carbocycles. The van der Waals surface area contributed by atoms with E-state index in [1.54, 1.807) is 7.11 Å². The Kier molecular flexibility index (Phi) is 7.34. The van der Waals surface area contributed by atoms with Crippen molar-refractivity contribution in [2.45, 2.75) is 19.9 Å². The fraction of sp³-hybridized carbons (Fsp3) is 0.611. The number of carbonyl (C=O) groups excluding carboxylic acids is 1. The predicted molar refractivity (Wildman–Crippen MR) is 94.4 cm³/mol. The van der Waals surface area contributed by atoms with E-state index in [1.165, 1.54) is 0 Å². The fourth-order valence-electron chi connectivity index (χ4n) is 2.74. The van der Waals surface area contributed by atoms with E-state index in [0.717, 1.165) is 37.6 Å². The van der Waals surface area contributed by atoms with Crippen molar-refractivity contribution in [1.82, 2.24) is 15.5 Å². The topological polar surface area (TPSA) is 62.8 Å². The highest BCUT2D eigenvalue weighted by atomic mass is 16.5. The average Bonchev–Trinajstić information content (AvgIpc) is 2.61. The van der Waals surface area contributed by atoms with Crippen LogP contribution in [0.2, 0.25) is 0 Å². The van der Waals surface area contributed by atoms with Gasteiger partial charge in [0.15, 0.2) is 0 Å². The van der Waals surface area contributed by atoms with Gasteiger partial charge in [0.05, 0.1) is 26.4 Å². The Morgan fingerprint density at radius 2 is 1.96 bits per heavy atom. The van der Waals surface area contributed by atoms with Gasteiger partial charge in [-0.05, 0) is 23.6 Å². The van der Waals surface area contributed by atoms with E-state index in [0.29, 0.717) is 19.0 Å². The summed E-state index contributed by atoms with van der Waals surface area (Å²) in [6, 6.07) is 8.02. The Morgan fingerprint density at radius 1 is 1.25 bits per heavy atom. The molecule has 0 bridgehead atoms. The van der Waals surface area contributed by atoms with E-state index < -0.39 is 0 Å². The molecule has 1 aliphatic heterocycles. The summed E-state index contributed by atoms with van der Waals surface area (Å²) >= 11 is 0. The van der Waals surface area contributed by atoms with Crippen molar-refractivity contribution >= 4 is 6.03 Å². The lowest BCUT2D eigenvalue weighted by Crippen LogP contribution is -2.46. The first-order valence-corrected chi connectivity index (χ1v) is 8.57. The molecule has 2 N–H and O–H groups in total. The Bertz CT molecular complexity index is 516. The van der Waals surface area contributed by atoms with Crippen LogP contribution in [0.5, 0.6) is 5.75 Å². The van der Waals surface area contributed by atoms with Gasteiger partial charge in [0.1, 0.15) is 5.75 Å². The van der Waals surface area contributed by atoms with Crippen LogP contribution in [0.25, 0.3) is 0 Å². The first-order chi connectivity index (χ1) is 11.6. The lowest BCUT2D eigenvalue weighted by Gasteiger charge is -2.35. The van der Waals surface area contributed by atoms with Gasteiger partial charge >= 0.3 is 6.03 Å². The number of nitrogens with one attached hydrogen (secondary N) is 2. The van der Waals surface area contributed by atoms with Gasteiger partial charge in [-0.25, -0.2) is 4.79 Å². The van der Waals surface area contributed by atoms with Gasteiger partial charge in [-0.15, -0.1) is 0 Å². The van der Waals surface area contributed by atoms with Crippen molar-refractivity contribution in [1.29, 1.82) is 0 Å². The highest BCUT2D eigenvalue weighted by Crippen LogP contribution is 2.24. The summed E-state index contributed by atoms with van der Waals surface area (Å²) in [6.07, 6.45) is 0. The minimum Gasteiger partial charge on any atom is -0.497 e. The summed E-state index contributed by atoms with van der Waals surface area (Å²) < 4.78 is 10.8. The molecule has 1 heterocycles. The number of ether oxygens (including phenoxy) is 2. The lowest BCUT2D eigenvalue weighted by molar-refractivity contribution is 0.0166. The molecule has 1 unspecified atom stereocenters. The van der Waals surface area contributed by atoms with Crippen molar-refractivity contribution in [3.05, 3.63) is 29.8 Å². The molecular weight excluding hydrogens is 306 g/mol. The molecule has 0 spiro atoms. The zero-order chi connectivity index (χ0) is 17.4. The average molecular weight is 335 g/mol. The van der Waals surface area contributed by atoms with Gasteiger partial charge in [0.2, 0.25) is 0 Å². The smallest absolute Gasteiger partial charge is 0.314 e. The first kappa shape index (κ1) is 18.5. The summed E-state index contributed by atoms with van der Waals surface area (Å²) in [7, 11) is 1.67. The molecule has 0 radical (unpaired) electrons. The molecule has 2 amide bonds. The molecule has 1 fully saturated rings. The van der Waals surface area contributed by atoms with Crippen molar-refractivity contribution < 1.29 is 14.3 Å². The standard InChI is InChI=1S/C18H29N3O3/c1-14(2)12-19-18(22)20-13-17(21-7-9-24-10-8-21)15-5-4-6-16(11-15)23-3/h4-6,11,14,17H,7-10,12-13H2,1-3H3,(H2,19,20,22). The number of carbonyl (C=O) groups is 1. The van der Waals surface area contributed by atoms with Crippen LogP contribution in [0.1, 0.15) is 25.5 Å². The van der Waals surface area contributed by atoms with Crippen molar-refractivity contribution in [3.8, 4) is 5.75 Å². The summed E-state index contributed by atoms with van der Waals surface area (Å²) in [5.74, 6) is 1.26. The lowest BCUT2D eigenvalue weighted by atomic mass is 10.0. The van der Waals surface area contributed by atoms with Crippen LogP contribution in [0.3, 0.4) is 0 Å². The molecule has 0 aromatic heterocycles. The Hall–Kier alpha value is -1.79. The van der Waals surface area contributed by atoms with E-state index >= 15 is 0 Å². The second kappa shape index (κ2) is 9.49. The number of benzene rings is 1. The fourth-order valence-corrected chi connectivity index (χ4v) is 2.74. The Labute approximate surface area is 144 Å². The number of hydrogen-bond donors (Lipinski definition) is 2. The van der Waals surface area contributed by atoms with Gasteiger partial charge in [-0.3, -0.25) is 4.90 Å². The molecule has 6 nitrogen and oxygen atoms in total. The zero-order valence-electron chi connectivity index (χ0n) is 14.9. The van der Waals surface area contributed by atoms with Crippen LogP contribution in [0.4, 0.5) is 4.79 Å². The quantitative estimate of drug-likeness (QED) is 0.800. The number of hydrogen-bond acceptors (Lipinski definition) is 4. The maximum atomic E-state index is 12.0. The molecule has 24 heavy (non-hydrogen) atoms. The summed E-state index contributed by atoms with van der Waals surface area (Å²) in [5.41, 5.74) is 1.14. The van der Waals surface area contributed by atoms with E-state index in [1.807, 2.05) is 18.2 Å². The SMILES string of the molecule is COc1cccc(C(CNC(=O)NCC(C)C)N2CCOCC2)c1. The van der Waals surface area contributed by atoms with E-state index in [2.05, 4.69) is 35.4 Å². The molecule has 0 saturated carbocycles. The summed E-state index contributed by atoms with van der Waals surface area (Å²) in [4.78, 5) is 14.3. The number of urea groups is 1. The minimum absolute atomic E-state index is 0.105. The second-order valence-corrected chi connectivity index (χ2v) is 6.43. The van der Waals surface area contributed by atoms with Crippen LogP contribution in [0, 0.1) is 5.92 Å². The predicted octanol–water partition coefficient (Wildman–Crippen LogP) is 2.02. The molecule has 2 rings (SSSR count). The van der Waals surface area contributed by atoms with Gasteiger partial charge in [0, 0.05) is 26.2 Å². The zero-order valence-corrected chi connectivity index (χ0v) is 14.9. The molecule has 6 heteroatoms. The number of rotatable bonds is 7. The molecule has 1 atom stereocenters. The third-order valence-electron chi connectivity index (χ3n) is 4.09. The van der Waals surface area contributed by atoms with E-state index in [-0.39, 0.29) is 12.1 Å². The maximum absolute atomic E-state index is 12.0. The number of morpholine rings is 1. The maximum Gasteiger partial charge on any atom is 0.314 e. The van der Waals surface area contributed by atoms with Crippen molar-refractivity contribution in [2.24, 2.45) is 5.92 Å². The Morgan fingerprint density at radius 3 is 2.62 bits per heavy atom. The Balaban J connectivity index is 2.03. The highest BCUT2D eigenvalue weighted by molar-refractivity contribution is 5.73. The molecular formula is C18H29N3O3. The number of methoxy groups -OCH3 is 1. The summed E-state index contributed by atoms with van der Waals surface area (Å²) in [6.45, 7) is 8.54. The molecule has 1 saturated heterocycles.